The first kappa shape index (κ1) is 25.7. The van der Waals surface area contributed by atoms with Gasteiger partial charge in [-0.3, -0.25) is 9.59 Å². The minimum absolute atomic E-state index is 0.0637. The molecule has 3 aromatic rings. The Labute approximate surface area is 224 Å². The second-order valence-corrected chi connectivity index (χ2v) is 10.1. The highest BCUT2D eigenvalue weighted by molar-refractivity contribution is 5.92. The molecule has 2 saturated heterocycles. The number of esters is 1. The van der Waals surface area contributed by atoms with Crippen LogP contribution in [0.3, 0.4) is 0 Å². The molecule has 2 atom stereocenters. The molecule has 2 heterocycles. The van der Waals surface area contributed by atoms with Crippen molar-refractivity contribution in [1.29, 1.82) is 0 Å². The second kappa shape index (κ2) is 11.2. The van der Waals surface area contributed by atoms with E-state index in [1.54, 1.807) is 9.80 Å². The molecule has 2 aliphatic heterocycles. The summed E-state index contributed by atoms with van der Waals surface area (Å²) in [5, 5.41) is 0. The molecule has 0 N–H and O–H groups in total. The third-order valence-electron chi connectivity index (χ3n) is 8.08. The quantitative estimate of drug-likeness (QED) is 0.345. The van der Waals surface area contributed by atoms with Gasteiger partial charge in [-0.25, -0.2) is 4.79 Å². The molecule has 0 aromatic heterocycles. The molecular weight excluding hydrogens is 476 g/mol. The van der Waals surface area contributed by atoms with Crippen molar-refractivity contribution in [3.8, 4) is 0 Å². The number of hydrogen-bond donors (Lipinski definition) is 0. The van der Waals surface area contributed by atoms with Crippen molar-refractivity contribution in [2.45, 2.75) is 49.6 Å². The van der Waals surface area contributed by atoms with Crippen LogP contribution in [0, 0.1) is 0 Å². The van der Waals surface area contributed by atoms with E-state index in [9.17, 15) is 14.4 Å². The first-order chi connectivity index (χ1) is 18.6. The van der Waals surface area contributed by atoms with Gasteiger partial charge in [0.15, 0.2) is 0 Å². The first-order valence-electron chi connectivity index (χ1n) is 13.4. The third-order valence-corrected chi connectivity index (χ3v) is 8.08. The smallest absolute Gasteiger partial charge is 0.328 e. The van der Waals surface area contributed by atoms with Crippen LogP contribution in [0.25, 0.3) is 0 Å². The number of methoxy groups -OCH3 is 1. The van der Waals surface area contributed by atoms with Gasteiger partial charge in [-0.05, 0) is 42.4 Å². The van der Waals surface area contributed by atoms with E-state index in [-0.39, 0.29) is 24.2 Å². The molecule has 6 heteroatoms. The number of benzene rings is 3. The van der Waals surface area contributed by atoms with Gasteiger partial charge < -0.3 is 14.5 Å². The lowest BCUT2D eigenvalue weighted by atomic mass is 9.67. The summed E-state index contributed by atoms with van der Waals surface area (Å²) < 4.78 is 4.95. The summed E-state index contributed by atoms with van der Waals surface area (Å²) in [6, 6.07) is 29.3. The van der Waals surface area contributed by atoms with Gasteiger partial charge in [-0.2, -0.15) is 0 Å². The first-order valence-corrected chi connectivity index (χ1v) is 13.4. The van der Waals surface area contributed by atoms with Crippen LogP contribution in [-0.4, -0.2) is 59.9 Å². The maximum Gasteiger partial charge on any atom is 0.328 e. The average Bonchev–Trinajstić information content (AvgIpc) is 3.67. The van der Waals surface area contributed by atoms with Crippen LogP contribution in [0.1, 0.15) is 48.8 Å². The summed E-state index contributed by atoms with van der Waals surface area (Å²) in [7, 11) is 1.35. The molecule has 38 heavy (non-hydrogen) atoms. The Morgan fingerprint density at radius 2 is 1.16 bits per heavy atom. The highest BCUT2D eigenvalue weighted by atomic mass is 16.5. The van der Waals surface area contributed by atoms with Crippen molar-refractivity contribution in [1.82, 2.24) is 9.80 Å². The standard InChI is InChI=1S/C32H34N2O4/c1-38-31(37)28-20-12-22-34(28)30(36)27-19-11-21-33(27)29(35)23-32(24-13-5-2-6-14-24,25-15-7-3-8-16-25)26-17-9-4-10-18-26/h2-10,13-18,27-28H,11-12,19-23H2,1H3/t27-,28+/m0/s1. The molecule has 0 saturated carbocycles. The molecule has 2 amide bonds. The molecule has 196 valence electrons. The van der Waals surface area contributed by atoms with E-state index in [4.69, 9.17) is 4.74 Å². The van der Waals surface area contributed by atoms with E-state index >= 15 is 0 Å². The molecule has 0 unspecified atom stereocenters. The van der Waals surface area contributed by atoms with E-state index < -0.39 is 17.5 Å². The fourth-order valence-electron chi connectivity index (χ4n) is 6.23. The van der Waals surface area contributed by atoms with Crippen LogP contribution in [0.2, 0.25) is 0 Å². The van der Waals surface area contributed by atoms with Gasteiger partial charge in [0.1, 0.15) is 12.1 Å². The van der Waals surface area contributed by atoms with Crippen molar-refractivity contribution < 1.29 is 19.1 Å². The van der Waals surface area contributed by atoms with Crippen molar-refractivity contribution >= 4 is 17.8 Å². The van der Waals surface area contributed by atoms with Crippen molar-refractivity contribution in [3.05, 3.63) is 108 Å². The average molecular weight is 511 g/mol. The van der Waals surface area contributed by atoms with Crippen LogP contribution in [0.5, 0.6) is 0 Å². The van der Waals surface area contributed by atoms with Crippen LogP contribution >= 0.6 is 0 Å². The fourth-order valence-corrected chi connectivity index (χ4v) is 6.23. The number of rotatable bonds is 7. The molecule has 5 rings (SSSR count). The SMILES string of the molecule is COC(=O)[C@H]1CCCN1C(=O)[C@@H]1CCCN1C(=O)CC(c1ccccc1)(c1ccccc1)c1ccccc1. The summed E-state index contributed by atoms with van der Waals surface area (Å²) >= 11 is 0. The topological polar surface area (TPSA) is 66.9 Å². The molecule has 0 radical (unpaired) electrons. The van der Waals surface area contributed by atoms with Crippen LogP contribution in [0.15, 0.2) is 91.0 Å². The lowest BCUT2D eigenvalue weighted by Crippen LogP contribution is -2.52. The highest BCUT2D eigenvalue weighted by Crippen LogP contribution is 2.43. The molecule has 0 spiro atoms. The monoisotopic (exact) mass is 510 g/mol. The van der Waals surface area contributed by atoms with E-state index in [2.05, 4.69) is 36.4 Å². The Morgan fingerprint density at radius 1 is 0.711 bits per heavy atom. The summed E-state index contributed by atoms with van der Waals surface area (Å²) in [5.41, 5.74) is 2.36. The summed E-state index contributed by atoms with van der Waals surface area (Å²) in [5.74, 6) is -0.595. The van der Waals surface area contributed by atoms with Crippen molar-refractivity contribution in [3.63, 3.8) is 0 Å². The Morgan fingerprint density at radius 3 is 1.63 bits per heavy atom. The highest BCUT2D eigenvalue weighted by Gasteiger charge is 2.45. The van der Waals surface area contributed by atoms with E-state index in [1.165, 1.54) is 7.11 Å². The van der Waals surface area contributed by atoms with Gasteiger partial charge in [0.2, 0.25) is 11.8 Å². The largest absolute Gasteiger partial charge is 0.467 e. The molecule has 3 aromatic carbocycles. The summed E-state index contributed by atoms with van der Waals surface area (Å²) in [6.07, 6.45) is 2.90. The van der Waals surface area contributed by atoms with Gasteiger partial charge >= 0.3 is 5.97 Å². The third kappa shape index (κ3) is 4.71. The zero-order chi connectivity index (χ0) is 26.5. The number of carbonyl (C=O) groups excluding carboxylic acids is 3. The van der Waals surface area contributed by atoms with Gasteiger partial charge in [0, 0.05) is 19.5 Å². The maximum absolute atomic E-state index is 14.2. The van der Waals surface area contributed by atoms with Crippen molar-refractivity contribution in [2.75, 3.05) is 20.2 Å². The lowest BCUT2D eigenvalue weighted by molar-refractivity contribution is -0.153. The fraction of sp³-hybridized carbons (Fsp3) is 0.344. The molecule has 2 aliphatic rings. The van der Waals surface area contributed by atoms with Gasteiger partial charge in [0.05, 0.1) is 12.5 Å². The number of likely N-dealkylation sites (tertiary alicyclic amines) is 2. The van der Waals surface area contributed by atoms with E-state index in [0.29, 0.717) is 25.9 Å². The normalized spacial score (nSPS) is 19.4. The number of carbonyl (C=O) groups is 3. The molecule has 6 nitrogen and oxygen atoms in total. The zero-order valence-electron chi connectivity index (χ0n) is 21.8. The number of hydrogen-bond acceptors (Lipinski definition) is 4. The Kier molecular flexibility index (Phi) is 7.59. The minimum Gasteiger partial charge on any atom is -0.467 e. The predicted octanol–water partition coefficient (Wildman–Crippen LogP) is 4.57. The predicted molar refractivity (Wildman–Crippen MR) is 145 cm³/mol. The van der Waals surface area contributed by atoms with Crippen LogP contribution in [0.4, 0.5) is 0 Å². The Hall–Kier alpha value is -3.93. The molecule has 0 bridgehead atoms. The Balaban J connectivity index is 1.52. The second-order valence-electron chi connectivity index (χ2n) is 10.1. The van der Waals surface area contributed by atoms with Crippen LogP contribution < -0.4 is 0 Å². The Bertz CT molecular complexity index is 1170. The minimum atomic E-state index is -0.723. The number of nitrogens with zero attached hydrogens (tertiary/aromatic N) is 2. The molecular formula is C32H34N2O4. The van der Waals surface area contributed by atoms with Crippen molar-refractivity contribution in [2.24, 2.45) is 0 Å². The number of amides is 2. The van der Waals surface area contributed by atoms with Crippen LogP contribution in [-0.2, 0) is 24.5 Å². The van der Waals surface area contributed by atoms with Gasteiger partial charge in [-0.15, -0.1) is 0 Å². The lowest BCUT2D eigenvalue weighted by Gasteiger charge is -2.38. The molecule has 2 fully saturated rings. The summed E-state index contributed by atoms with van der Waals surface area (Å²) in [6.45, 7) is 1.04. The maximum atomic E-state index is 14.2. The van der Waals surface area contributed by atoms with Gasteiger partial charge in [-0.1, -0.05) is 91.0 Å². The van der Waals surface area contributed by atoms with E-state index in [1.807, 2.05) is 54.6 Å². The van der Waals surface area contributed by atoms with E-state index in [0.717, 1.165) is 29.5 Å². The van der Waals surface area contributed by atoms with Gasteiger partial charge in [0.25, 0.3) is 0 Å². The number of ether oxygens (including phenoxy) is 1. The molecule has 0 aliphatic carbocycles. The summed E-state index contributed by atoms with van der Waals surface area (Å²) in [4.78, 5) is 43.6. The zero-order valence-corrected chi connectivity index (χ0v) is 21.8.